The SMILES string of the molecule is CCC(=O)N1CCc2cc(Br)c(S(=O)(=O)N3CCCC(C(=O)N4CCN(c5ccc(C(C)=O)cc5)CC4)C3)cc21. The number of carbonyl (C=O) groups excluding carboxylic acids is 3. The monoisotopic (exact) mass is 630 g/mol. The van der Waals surface area contributed by atoms with Gasteiger partial charge in [-0.3, -0.25) is 14.4 Å². The van der Waals surface area contributed by atoms with Gasteiger partial charge in [0.1, 0.15) is 0 Å². The predicted molar refractivity (Wildman–Crippen MR) is 157 cm³/mol. The van der Waals surface area contributed by atoms with Gasteiger partial charge in [0.2, 0.25) is 21.8 Å². The van der Waals surface area contributed by atoms with Crippen molar-refractivity contribution in [3.63, 3.8) is 0 Å². The quantitative estimate of drug-likeness (QED) is 0.452. The molecule has 0 aromatic heterocycles. The van der Waals surface area contributed by atoms with E-state index in [0.29, 0.717) is 80.7 Å². The number of halogens is 1. The van der Waals surface area contributed by atoms with Crippen LogP contribution in [0.2, 0.25) is 0 Å². The largest absolute Gasteiger partial charge is 0.368 e. The summed E-state index contributed by atoms with van der Waals surface area (Å²) in [6.45, 7) is 6.88. The first-order valence-corrected chi connectivity index (χ1v) is 16.1. The highest BCUT2D eigenvalue weighted by Gasteiger charge is 2.37. The van der Waals surface area contributed by atoms with Crippen LogP contribution in [-0.4, -0.2) is 81.0 Å². The highest BCUT2D eigenvalue weighted by atomic mass is 79.9. The van der Waals surface area contributed by atoms with Crippen molar-refractivity contribution in [1.29, 1.82) is 0 Å². The van der Waals surface area contributed by atoms with Crippen LogP contribution in [0.1, 0.15) is 49.0 Å². The molecule has 0 saturated carbocycles. The molecule has 3 aliphatic heterocycles. The maximum Gasteiger partial charge on any atom is 0.244 e. The van der Waals surface area contributed by atoms with Crippen molar-refractivity contribution < 1.29 is 22.8 Å². The van der Waals surface area contributed by atoms with Crippen molar-refractivity contribution in [3.8, 4) is 0 Å². The second kappa shape index (κ2) is 11.6. The maximum atomic E-state index is 13.8. The van der Waals surface area contributed by atoms with Gasteiger partial charge in [0.05, 0.1) is 10.8 Å². The van der Waals surface area contributed by atoms with Crippen LogP contribution in [0.4, 0.5) is 11.4 Å². The molecule has 0 spiro atoms. The molecule has 3 aliphatic rings. The standard InChI is InChI=1S/C29H35BrN4O5S/c1-3-28(36)34-12-10-22-17-25(30)27(18-26(22)34)40(38,39)33-11-4-5-23(19-33)29(37)32-15-13-31(14-16-32)24-8-6-21(7-9-24)20(2)35/h6-9,17-18,23H,3-5,10-16,19H2,1-2H3. The molecule has 3 heterocycles. The molecule has 5 rings (SSSR count). The van der Waals surface area contributed by atoms with E-state index in [1.807, 2.05) is 35.2 Å². The molecule has 0 aliphatic carbocycles. The Hall–Kier alpha value is -2.76. The van der Waals surface area contributed by atoms with Crippen molar-refractivity contribution in [2.75, 3.05) is 55.6 Å². The third kappa shape index (κ3) is 5.56. The fraction of sp³-hybridized carbons (Fsp3) is 0.483. The summed E-state index contributed by atoms with van der Waals surface area (Å²) in [5, 5.41) is 0. The van der Waals surface area contributed by atoms with E-state index in [0.717, 1.165) is 11.3 Å². The number of piperidine rings is 1. The molecule has 2 aromatic carbocycles. The van der Waals surface area contributed by atoms with Gasteiger partial charge >= 0.3 is 0 Å². The minimum atomic E-state index is -3.88. The Kier molecular flexibility index (Phi) is 8.35. The van der Waals surface area contributed by atoms with Crippen LogP contribution in [0, 0.1) is 5.92 Å². The maximum absolute atomic E-state index is 13.8. The van der Waals surface area contributed by atoms with E-state index in [4.69, 9.17) is 0 Å². The number of Topliss-reactive ketones (excluding diaryl/α,β-unsaturated/α-hetero) is 1. The lowest BCUT2D eigenvalue weighted by Crippen LogP contribution is -2.53. The lowest BCUT2D eigenvalue weighted by atomic mass is 9.97. The fourth-order valence-corrected chi connectivity index (χ4v) is 8.48. The molecule has 214 valence electrons. The fourth-order valence-electron chi connectivity index (χ4n) is 5.89. The average molecular weight is 632 g/mol. The van der Waals surface area contributed by atoms with E-state index in [-0.39, 0.29) is 29.0 Å². The number of nitrogens with zero attached hydrogens (tertiary/aromatic N) is 4. The number of carbonyl (C=O) groups is 3. The molecule has 0 bridgehead atoms. The number of rotatable bonds is 6. The minimum Gasteiger partial charge on any atom is -0.368 e. The lowest BCUT2D eigenvalue weighted by molar-refractivity contribution is -0.137. The Labute approximate surface area is 244 Å². The van der Waals surface area contributed by atoms with Gasteiger partial charge in [0, 0.05) is 73.6 Å². The van der Waals surface area contributed by atoms with E-state index in [1.165, 1.54) is 4.31 Å². The molecule has 1 unspecified atom stereocenters. The number of amides is 2. The summed E-state index contributed by atoms with van der Waals surface area (Å²) < 4.78 is 29.5. The van der Waals surface area contributed by atoms with E-state index in [2.05, 4.69) is 20.8 Å². The molecule has 0 N–H and O–H groups in total. The molecule has 2 amide bonds. The Morgan fingerprint density at radius 3 is 2.33 bits per heavy atom. The number of hydrogen-bond acceptors (Lipinski definition) is 6. The van der Waals surface area contributed by atoms with Gasteiger partial charge < -0.3 is 14.7 Å². The third-order valence-electron chi connectivity index (χ3n) is 8.21. The summed E-state index contributed by atoms with van der Waals surface area (Å²) >= 11 is 3.46. The average Bonchev–Trinajstić information content (AvgIpc) is 3.38. The molecule has 40 heavy (non-hydrogen) atoms. The normalized spacial score (nSPS) is 20.0. The smallest absolute Gasteiger partial charge is 0.244 e. The van der Waals surface area contributed by atoms with Gasteiger partial charge in [-0.25, -0.2) is 8.42 Å². The molecule has 0 radical (unpaired) electrons. The Balaban J connectivity index is 1.25. The number of ketones is 1. The Bertz CT molecular complexity index is 1420. The van der Waals surface area contributed by atoms with Crippen LogP contribution in [-0.2, 0) is 26.0 Å². The minimum absolute atomic E-state index is 0.000728. The van der Waals surface area contributed by atoms with Crippen molar-refractivity contribution >= 4 is 54.9 Å². The van der Waals surface area contributed by atoms with Crippen LogP contribution >= 0.6 is 15.9 Å². The number of benzene rings is 2. The second-order valence-electron chi connectivity index (χ2n) is 10.7. The summed E-state index contributed by atoms with van der Waals surface area (Å²) in [6.07, 6.45) is 2.31. The van der Waals surface area contributed by atoms with E-state index in [9.17, 15) is 22.8 Å². The van der Waals surface area contributed by atoms with Gasteiger partial charge in [-0.1, -0.05) is 6.92 Å². The second-order valence-corrected chi connectivity index (χ2v) is 13.4. The molecule has 11 heteroatoms. The molecule has 2 saturated heterocycles. The van der Waals surface area contributed by atoms with Crippen LogP contribution in [0.25, 0.3) is 0 Å². The molecular formula is C29H35BrN4O5S. The topological polar surface area (TPSA) is 98.3 Å². The lowest BCUT2D eigenvalue weighted by Gasteiger charge is -2.39. The van der Waals surface area contributed by atoms with E-state index in [1.54, 1.807) is 24.8 Å². The summed E-state index contributed by atoms with van der Waals surface area (Å²) in [4.78, 5) is 43.3. The van der Waals surface area contributed by atoms with Crippen LogP contribution < -0.4 is 9.80 Å². The van der Waals surface area contributed by atoms with Gasteiger partial charge in [-0.05, 0) is 84.1 Å². The highest BCUT2D eigenvalue weighted by molar-refractivity contribution is 9.10. The molecule has 1 atom stereocenters. The number of piperazine rings is 1. The third-order valence-corrected chi connectivity index (χ3v) is 11.0. The summed E-state index contributed by atoms with van der Waals surface area (Å²) in [5.74, 6) is -0.389. The number of sulfonamides is 1. The van der Waals surface area contributed by atoms with Crippen molar-refractivity contribution in [1.82, 2.24) is 9.21 Å². The zero-order valence-electron chi connectivity index (χ0n) is 22.9. The van der Waals surface area contributed by atoms with Gasteiger partial charge in [-0.2, -0.15) is 4.31 Å². The first kappa shape index (κ1) is 28.8. The first-order chi connectivity index (χ1) is 19.1. The number of hydrogen-bond donors (Lipinski definition) is 0. The highest BCUT2D eigenvalue weighted by Crippen LogP contribution is 2.38. The molecule has 9 nitrogen and oxygen atoms in total. The van der Waals surface area contributed by atoms with Crippen molar-refractivity contribution in [2.45, 2.75) is 44.4 Å². The van der Waals surface area contributed by atoms with E-state index >= 15 is 0 Å². The number of anilines is 2. The van der Waals surface area contributed by atoms with Crippen LogP contribution in [0.3, 0.4) is 0 Å². The summed E-state index contributed by atoms with van der Waals surface area (Å²) in [7, 11) is -3.88. The summed E-state index contributed by atoms with van der Waals surface area (Å²) in [5.41, 5.74) is 3.31. The van der Waals surface area contributed by atoms with E-state index < -0.39 is 15.9 Å². The molecule has 2 aromatic rings. The van der Waals surface area contributed by atoms with Gasteiger partial charge in [-0.15, -0.1) is 0 Å². The molecular weight excluding hydrogens is 596 g/mol. The van der Waals surface area contributed by atoms with Crippen molar-refractivity contribution in [3.05, 3.63) is 52.0 Å². The Morgan fingerprint density at radius 2 is 1.68 bits per heavy atom. The predicted octanol–water partition coefficient (Wildman–Crippen LogP) is 3.70. The zero-order valence-corrected chi connectivity index (χ0v) is 25.3. The first-order valence-electron chi connectivity index (χ1n) is 13.9. The van der Waals surface area contributed by atoms with Gasteiger partial charge in [0.25, 0.3) is 0 Å². The van der Waals surface area contributed by atoms with Crippen LogP contribution in [0.5, 0.6) is 0 Å². The van der Waals surface area contributed by atoms with Gasteiger partial charge in [0.15, 0.2) is 5.78 Å². The van der Waals surface area contributed by atoms with Crippen LogP contribution in [0.15, 0.2) is 45.8 Å². The van der Waals surface area contributed by atoms with Crippen molar-refractivity contribution in [2.24, 2.45) is 5.92 Å². The summed E-state index contributed by atoms with van der Waals surface area (Å²) in [6, 6.07) is 10.9. The zero-order chi connectivity index (χ0) is 28.6. The Morgan fingerprint density at radius 1 is 0.975 bits per heavy atom. The molecule has 2 fully saturated rings. The number of fused-ring (bicyclic) bond motifs is 1.